The molecule has 9 heteroatoms. The lowest BCUT2D eigenvalue weighted by molar-refractivity contribution is -0.123. The molecule has 0 aliphatic carbocycles. The number of hydrogen-bond donors (Lipinski definition) is 0. The number of thiophene rings is 1. The minimum absolute atomic E-state index is 0.0785. The van der Waals surface area contributed by atoms with Crippen LogP contribution in [-0.4, -0.2) is 66.2 Å². The predicted molar refractivity (Wildman–Crippen MR) is 108 cm³/mol. The third kappa shape index (κ3) is 3.60. The van der Waals surface area contributed by atoms with Gasteiger partial charge in [0.25, 0.3) is 0 Å². The number of pyridine rings is 1. The molecule has 4 rings (SSSR count). The Labute approximate surface area is 165 Å². The SMILES string of the molecule is CN(C)C(=O)/C=C/c1cnc2sc3c(N4CCOCC4)nc(Cl)nc3c2c1. The van der Waals surface area contributed by atoms with Gasteiger partial charge in [-0.05, 0) is 29.3 Å². The number of ether oxygens (including phenoxy) is 1. The molecule has 1 aliphatic rings. The standard InChI is InChI=1S/C18H18ClN5O2S/c1-23(2)13(25)4-3-11-9-12-14-15(27-17(12)20-10-11)16(22-18(19)21-14)24-5-7-26-8-6-24/h3-4,9-10H,5-8H2,1-2H3/b4-3+. The summed E-state index contributed by atoms with van der Waals surface area (Å²) in [6, 6.07) is 1.98. The minimum atomic E-state index is -0.0785. The molecule has 1 saturated heterocycles. The van der Waals surface area contributed by atoms with Crippen LogP contribution in [0.1, 0.15) is 5.56 Å². The van der Waals surface area contributed by atoms with Gasteiger partial charge in [-0.1, -0.05) is 0 Å². The van der Waals surface area contributed by atoms with Gasteiger partial charge >= 0.3 is 0 Å². The number of morpholine rings is 1. The minimum Gasteiger partial charge on any atom is -0.378 e. The largest absolute Gasteiger partial charge is 0.378 e. The molecule has 1 aliphatic heterocycles. The molecular weight excluding hydrogens is 386 g/mol. The number of rotatable bonds is 3. The van der Waals surface area contributed by atoms with E-state index in [0.29, 0.717) is 13.2 Å². The van der Waals surface area contributed by atoms with Crippen molar-refractivity contribution in [3.8, 4) is 0 Å². The van der Waals surface area contributed by atoms with Gasteiger partial charge in [0.15, 0.2) is 5.82 Å². The monoisotopic (exact) mass is 403 g/mol. The molecule has 0 aromatic carbocycles. The topological polar surface area (TPSA) is 71.5 Å². The van der Waals surface area contributed by atoms with Crippen molar-refractivity contribution in [3.63, 3.8) is 0 Å². The molecule has 7 nitrogen and oxygen atoms in total. The average Bonchev–Trinajstić information content (AvgIpc) is 3.04. The molecule has 0 radical (unpaired) electrons. The molecule has 4 heterocycles. The second kappa shape index (κ2) is 7.38. The zero-order valence-electron chi connectivity index (χ0n) is 15.0. The first kappa shape index (κ1) is 18.1. The second-order valence-corrected chi connectivity index (χ2v) is 7.72. The Morgan fingerprint density at radius 3 is 2.85 bits per heavy atom. The van der Waals surface area contributed by atoms with Gasteiger partial charge in [0.1, 0.15) is 4.83 Å². The quantitative estimate of drug-likeness (QED) is 0.494. The van der Waals surface area contributed by atoms with Crippen molar-refractivity contribution < 1.29 is 9.53 Å². The van der Waals surface area contributed by atoms with E-state index >= 15 is 0 Å². The van der Waals surface area contributed by atoms with E-state index in [1.165, 1.54) is 11.0 Å². The number of carbonyl (C=O) groups excluding carboxylic acids is 1. The highest BCUT2D eigenvalue weighted by atomic mass is 35.5. The van der Waals surface area contributed by atoms with Crippen LogP contribution in [0.4, 0.5) is 5.82 Å². The molecule has 0 bridgehead atoms. The van der Waals surface area contributed by atoms with Crippen LogP contribution in [0, 0.1) is 0 Å². The summed E-state index contributed by atoms with van der Waals surface area (Å²) in [6.07, 6.45) is 5.03. The van der Waals surface area contributed by atoms with Crippen molar-refractivity contribution >= 4 is 61.2 Å². The van der Waals surface area contributed by atoms with Gasteiger partial charge in [0.2, 0.25) is 11.2 Å². The molecule has 0 N–H and O–H groups in total. The molecule has 1 amide bonds. The van der Waals surface area contributed by atoms with Crippen LogP contribution in [0.5, 0.6) is 0 Å². The summed E-state index contributed by atoms with van der Waals surface area (Å²) in [5, 5.41) is 1.13. The molecule has 1 fully saturated rings. The van der Waals surface area contributed by atoms with Crippen molar-refractivity contribution in [2.75, 3.05) is 45.3 Å². The first-order chi connectivity index (χ1) is 13.0. The molecule has 27 heavy (non-hydrogen) atoms. The van der Waals surface area contributed by atoms with E-state index in [9.17, 15) is 4.79 Å². The number of anilines is 1. The lowest BCUT2D eigenvalue weighted by Gasteiger charge is -2.28. The molecule has 140 valence electrons. The Morgan fingerprint density at radius 1 is 1.33 bits per heavy atom. The van der Waals surface area contributed by atoms with Gasteiger partial charge in [-0.15, -0.1) is 11.3 Å². The Hall–Kier alpha value is -2.29. The fourth-order valence-electron chi connectivity index (χ4n) is 2.90. The summed E-state index contributed by atoms with van der Waals surface area (Å²) in [5.74, 6) is 0.751. The number of amides is 1. The predicted octanol–water partition coefficient (Wildman–Crippen LogP) is 2.83. The van der Waals surface area contributed by atoms with Gasteiger partial charge in [-0.25, -0.2) is 9.97 Å². The van der Waals surface area contributed by atoms with Crippen LogP contribution >= 0.6 is 22.9 Å². The van der Waals surface area contributed by atoms with Crippen molar-refractivity contribution in [1.82, 2.24) is 19.9 Å². The van der Waals surface area contributed by atoms with Gasteiger partial charge in [0, 0.05) is 44.8 Å². The van der Waals surface area contributed by atoms with Gasteiger partial charge < -0.3 is 14.5 Å². The van der Waals surface area contributed by atoms with E-state index in [1.807, 2.05) is 6.07 Å². The van der Waals surface area contributed by atoms with Crippen LogP contribution in [-0.2, 0) is 9.53 Å². The number of likely N-dealkylation sites (N-methyl/N-ethyl adjacent to an activating group) is 1. The Kier molecular flexibility index (Phi) is 4.94. The number of aromatic nitrogens is 3. The normalized spacial score (nSPS) is 15.1. The first-order valence-corrected chi connectivity index (χ1v) is 9.70. The lowest BCUT2D eigenvalue weighted by atomic mass is 10.2. The summed E-state index contributed by atoms with van der Waals surface area (Å²) in [4.78, 5) is 29.8. The fraction of sp³-hybridized carbons (Fsp3) is 0.333. The van der Waals surface area contributed by atoms with Crippen molar-refractivity contribution in [2.45, 2.75) is 0 Å². The molecule has 3 aromatic heterocycles. The molecule has 0 saturated carbocycles. The van der Waals surface area contributed by atoms with Crippen LogP contribution in [0.3, 0.4) is 0 Å². The number of carbonyl (C=O) groups is 1. The van der Waals surface area contributed by atoms with Crippen LogP contribution in [0.2, 0.25) is 5.28 Å². The molecule has 0 atom stereocenters. The van der Waals surface area contributed by atoms with Crippen molar-refractivity contribution in [1.29, 1.82) is 0 Å². The zero-order valence-corrected chi connectivity index (χ0v) is 16.5. The Morgan fingerprint density at radius 2 is 2.11 bits per heavy atom. The summed E-state index contributed by atoms with van der Waals surface area (Å²) in [7, 11) is 3.43. The number of halogens is 1. The maximum Gasteiger partial charge on any atom is 0.246 e. The van der Waals surface area contributed by atoms with Gasteiger partial charge in [0.05, 0.1) is 23.4 Å². The summed E-state index contributed by atoms with van der Waals surface area (Å²) < 4.78 is 6.40. The smallest absolute Gasteiger partial charge is 0.246 e. The Bertz CT molecular complexity index is 1040. The van der Waals surface area contributed by atoms with Gasteiger partial charge in [-0.2, -0.15) is 4.98 Å². The van der Waals surface area contributed by atoms with Crippen LogP contribution in [0.25, 0.3) is 26.5 Å². The third-order valence-corrected chi connectivity index (χ3v) is 5.58. The van der Waals surface area contributed by atoms with Crippen LogP contribution < -0.4 is 4.90 Å². The molecule has 3 aromatic rings. The summed E-state index contributed by atoms with van der Waals surface area (Å²) in [6.45, 7) is 2.87. The lowest BCUT2D eigenvalue weighted by Crippen LogP contribution is -2.36. The van der Waals surface area contributed by atoms with E-state index in [0.717, 1.165) is 44.9 Å². The fourth-order valence-corrected chi connectivity index (χ4v) is 4.15. The third-order valence-electron chi connectivity index (χ3n) is 4.32. The maximum atomic E-state index is 11.8. The highest BCUT2D eigenvalue weighted by Gasteiger charge is 2.20. The van der Waals surface area contributed by atoms with E-state index in [2.05, 4.69) is 19.9 Å². The summed E-state index contributed by atoms with van der Waals surface area (Å²) in [5.41, 5.74) is 1.62. The average molecular weight is 404 g/mol. The summed E-state index contributed by atoms with van der Waals surface area (Å²) >= 11 is 7.77. The molecular formula is C18H18ClN5O2S. The highest BCUT2D eigenvalue weighted by molar-refractivity contribution is 7.25. The highest BCUT2D eigenvalue weighted by Crippen LogP contribution is 2.38. The number of nitrogens with zero attached hydrogens (tertiary/aromatic N) is 5. The van der Waals surface area contributed by atoms with Crippen molar-refractivity contribution in [2.24, 2.45) is 0 Å². The van der Waals surface area contributed by atoms with Crippen LogP contribution in [0.15, 0.2) is 18.3 Å². The Balaban J connectivity index is 1.81. The van der Waals surface area contributed by atoms with E-state index in [-0.39, 0.29) is 11.2 Å². The molecule has 0 spiro atoms. The molecule has 0 unspecified atom stereocenters. The van der Waals surface area contributed by atoms with E-state index in [1.54, 1.807) is 37.7 Å². The zero-order chi connectivity index (χ0) is 19.0. The van der Waals surface area contributed by atoms with Crippen molar-refractivity contribution in [3.05, 3.63) is 29.2 Å². The van der Waals surface area contributed by atoms with E-state index in [4.69, 9.17) is 16.3 Å². The van der Waals surface area contributed by atoms with E-state index < -0.39 is 0 Å². The first-order valence-electron chi connectivity index (χ1n) is 8.51. The number of fused-ring (bicyclic) bond motifs is 3. The van der Waals surface area contributed by atoms with Gasteiger partial charge in [-0.3, -0.25) is 4.79 Å². The number of hydrogen-bond acceptors (Lipinski definition) is 7. The maximum absolute atomic E-state index is 11.8. The second-order valence-electron chi connectivity index (χ2n) is 6.38.